The number of hydrogen-bond donors (Lipinski definition) is 1. The highest BCUT2D eigenvalue weighted by atomic mass is 35.5. The Balaban J connectivity index is 1.53. The van der Waals surface area contributed by atoms with Crippen LogP contribution in [-0.2, 0) is 16.1 Å². The molecule has 6 heteroatoms. The Hall–Kier alpha value is -2.24. The molecule has 0 spiro atoms. The van der Waals surface area contributed by atoms with Crippen molar-refractivity contribution in [3.63, 3.8) is 0 Å². The van der Waals surface area contributed by atoms with E-state index in [2.05, 4.69) is 34.5 Å². The van der Waals surface area contributed by atoms with Crippen molar-refractivity contribution in [2.75, 3.05) is 31.2 Å². The zero-order valence-electron chi connectivity index (χ0n) is 16.4. The van der Waals surface area contributed by atoms with Crippen LogP contribution in [-0.4, -0.2) is 38.3 Å². The van der Waals surface area contributed by atoms with Crippen LogP contribution in [0.1, 0.15) is 24.5 Å². The maximum atomic E-state index is 12.5. The Morgan fingerprint density at radius 1 is 1.21 bits per heavy atom. The van der Waals surface area contributed by atoms with Gasteiger partial charge < -0.3 is 19.7 Å². The van der Waals surface area contributed by atoms with Crippen LogP contribution in [0.3, 0.4) is 0 Å². The number of nitrogens with zero attached hydrogens (tertiary/aromatic N) is 1. The molecule has 1 aliphatic heterocycles. The molecule has 1 N–H and O–H groups in total. The third-order valence-electron chi connectivity index (χ3n) is 4.85. The fourth-order valence-electron chi connectivity index (χ4n) is 3.13. The number of anilines is 1. The highest BCUT2D eigenvalue weighted by Crippen LogP contribution is 2.22. The van der Waals surface area contributed by atoms with E-state index in [1.807, 2.05) is 19.9 Å². The molecular formula is C22H27ClN2O3. The first-order valence-corrected chi connectivity index (χ1v) is 10.1. The molecule has 0 unspecified atom stereocenters. The van der Waals surface area contributed by atoms with Gasteiger partial charge in [0, 0.05) is 30.3 Å². The Morgan fingerprint density at radius 2 is 1.93 bits per heavy atom. The number of hydrogen-bond acceptors (Lipinski definition) is 4. The molecule has 0 saturated carbocycles. The number of nitrogens with one attached hydrogen (secondary N) is 1. The lowest BCUT2D eigenvalue weighted by atomic mass is 10.1. The number of morpholine rings is 1. The van der Waals surface area contributed by atoms with Crippen molar-refractivity contribution in [3.05, 3.63) is 58.6 Å². The molecule has 1 heterocycles. The molecule has 2 aromatic rings. The number of benzene rings is 2. The van der Waals surface area contributed by atoms with Crippen LogP contribution < -0.4 is 15.0 Å². The summed E-state index contributed by atoms with van der Waals surface area (Å²) in [5.74, 6) is 0.533. The molecule has 3 rings (SSSR count). The van der Waals surface area contributed by atoms with Gasteiger partial charge in [0.15, 0.2) is 6.10 Å². The van der Waals surface area contributed by atoms with E-state index in [4.69, 9.17) is 21.1 Å². The Bertz CT molecular complexity index is 789. The summed E-state index contributed by atoms with van der Waals surface area (Å²) in [6.45, 7) is 7.68. The van der Waals surface area contributed by atoms with Crippen LogP contribution in [0.25, 0.3) is 0 Å². The summed E-state index contributed by atoms with van der Waals surface area (Å²) in [4.78, 5) is 14.8. The molecule has 150 valence electrons. The van der Waals surface area contributed by atoms with E-state index in [-0.39, 0.29) is 5.91 Å². The summed E-state index contributed by atoms with van der Waals surface area (Å²) >= 11 is 6.05. The average Bonchev–Trinajstić information content (AvgIpc) is 2.73. The van der Waals surface area contributed by atoms with Crippen LogP contribution >= 0.6 is 11.6 Å². The minimum absolute atomic E-state index is 0.118. The van der Waals surface area contributed by atoms with E-state index >= 15 is 0 Å². The highest BCUT2D eigenvalue weighted by Gasteiger charge is 2.18. The zero-order valence-corrected chi connectivity index (χ0v) is 17.2. The van der Waals surface area contributed by atoms with Crippen LogP contribution in [0.15, 0.2) is 42.5 Å². The highest BCUT2D eigenvalue weighted by molar-refractivity contribution is 6.31. The largest absolute Gasteiger partial charge is 0.481 e. The molecule has 0 radical (unpaired) electrons. The predicted octanol–water partition coefficient (Wildman–Crippen LogP) is 3.96. The molecule has 28 heavy (non-hydrogen) atoms. The number of ether oxygens (including phenoxy) is 2. The molecule has 0 aliphatic carbocycles. The first kappa shape index (κ1) is 20.5. The second kappa shape index (κ2) is 9.80. The monoisotopic (exact) mass is 402 g/mol. The molecule has 1 atom stereocenters. The molecular weight excluding hydrogens is 376 g/mol. The maximum Gasteiger partial charge on any atom is 0.261 e. The van der Waals surface area contributed by atoms with Gasteiger partial charge in [-0.2, -0.15) is 0 Å². The number of amides is 1. The molecule has 1 aliphatic rings. The van der Waals surface area contributed by atoms with Crippen molar-refractivity contribution in [2.45, 2.75) is 32.9 Å². The van der Waals surface area contributed by atoms with Gasteiger partial charge in [-0.05, 0) is 54.8 Å². The van der Waals surface area contributed by atoms with E-state index in [0.29, 0.717) is 23.7 Å². The number of halogens is 1. The fraction of sp³-hybridized carbons (Fsp3) is 0.409. The standard InChI is InChI=1S/C22H27ClN2O3/c1-3-21(28-19-8-9-20(23)16(2)14-19)22(26)24-15-17-4-6-18(7-5-17)25-10-12-27-13-11-25/h4-9,14,21H,3,10-13,15H2,1-2H3,(H,24,26)/t21-/m1/s1. The summed E-state index contributed by atoms with van der Waals surface area (Å²) in [6, 6.07) is 13.7. The number of carbonyl (C=O) groups is 1. The predicted molar refractivity (Wildman–Crippen MR) is 112 cm³/mol. The molecule has 1 fully saturated rings. The van der Waals surface area contributed by atoms with Gasteiger partial charge >= 0.3 is 0 Å². The van der Waals surface area contributed by atoms with E-state index < -0.39 is 6.10 Å². The molecule has 2 aromatic carbocycles. The average molecular weight is 403 g/mol. The second-order valence-corrected chi connectivity index (χ2v) is 7.32. The van der Waals surface area contributed by atoms with Gasteiger partial charge in [-0.3, -0.25) is 4.79 Å². The van der Waals surface area contributed by atoms with E-state index in [1.165, 1.54) is 5.69 Å². The quantitative estimate of drug-likeness (QED) is 0.761. The van der Waals surface area contributed by atoms with Gasteiger partial charge in [-0.15, -0.1) is 0 Å². The van der Waals surface area contributed by atoms with Gasteiger partial charge in [-0.25, -0.2) is 0 Å². The van der Waals surface area contributed by atoms with Crippen molar-refractivity contribution in [2.24, 2.45) is 0 Å². The fourth-order valence-corrected chi connectivity index (χ4v) is 3.24. The Kier molecular flexibility index (Phi) is 7.18. The van der Waals surface area contributed by atoms with Gasteiger partial charge in [-0.1, -0.05) is 30.7 Å². The molecule has 0 aromatic heterocycles. The summed E-state index contributed by atoms with van der Waals surface area (Å²) < 4.78 is 11.2. The lowest BCUT2D eigenvalue weighted by Gasteiger charge is -2.29. The minimum atomic E-state index is -0.534. The van der Waals surface area contributed by atoms with Crippen molar-refractivity contribution < 1.29 is 14.3 Å². The van der Waals surface area contributed by atoms with E-state index in [9.17, 15) is 4.79 Å². The minimum Gasteiger partial charge on any atom is -0.481 e. The third-order valence-corrected chi connectivity index (χ3v) is 5.27. The van der Waals surface area contributed by atoms with Crippen LogP contribution in [0.4, 0.5) is 5.69 Å². The number of carbonyl (C=O) groups excluding carboxylic acids is 1. The third kappa shape index (κ3) is 5.40. The first-order valence-electron chi connectivity index (χ1n) is 9.69. The molecule has 5 nitrogen and oxygen atoms in total. The van der Waals surface area contributed by atoms with Gasteiger partial charge in [0.2, 0.25) is 0 Å². The van der Waals surface area contributed by atoms with Crippen molar-refractivity contribution >= 4 is 23.2 Å². The smallest absolute Gasteiger partial charge is 0.261 e. The first-order chi connectivity index (χ1) is 13.6. The Labute approximate surface area is 171 Å². The molecule has 0 bridgehead atoms. The lowest BCUT2D eigenvalue weighted by Crippen LogP contribution is -2.37. The van der Waals surface area contributed by atoms with Crippen molar-refractivity contribution in [3.8, 4) is 5.75 Å². The van der Waals surface area contributed by atoms with Gasteiger partial charge in [0.25, 0.3) is 5.91 Å². The molecule has 1 saturated heterocycles. The van der Waals surface area contributed by atoms with Crippen LogP contribution in [0.2, 0.25) is 5.02 Å². The summed E-state index contributed by atoms with van der Waals surface area (Å²) in [5.41, 5.74) is 3.17. The second-order valence-electron chi connectivity index (χ2n) is 6.91. The SMILES string of the molecule is CC[C@@H](Oc1ccc(Cl)c(C)c1)C(=O)NCc1ccc(N2CCOCC2)cc1. The number of aryl methyl sites for hydroxylation is 1. The lowest BCUT2D eigenvalue weighted by molar-refractivity contribution is -0.128. The van der Waals surface area contributed by atoms with E-state index in [1.54, 1.807) is 12.1 Å². The molecule has 1 amide bonds. The number of rotatable bonds is 7. The van der Waals surface area contributed by atoms with Crippen molar-refractivity contribution in [1.82, 2.24) is 5.32 Å². The topological polar surface area (TPSA) is 50.8 Å². The zero-order chi connectivity index (χ0) is 19.9. The maximum absolute atomic E-state index is 12.5. The summed E-state index contributed by atoms with van der Waals surface area (Å²) in [7, 11) is 0. The summed E-state index contributed by atoms with van der Waals surface area (Å²) in [6.07, 6.45) is 0.0527. The van der Waals surface area contributed by atoms with Crippen LogP contribution in [0, 0.1) is 6.92 Å². The summed E-state index contributed by atoms with van der Waals surface area (Å²) in [5, 5.41) is 3.66. The van der Waals surface area contributed by atoms with Gasteiger partial charge in [0.05, 0.1) is 13.2 Å². The van der Waals surface area contributed by atoms with Crippen LogP contribution in [0.5, 0.6) is 5.75 Å². The van der Waals surface area contributed by atoms with E-state index in [0.717, 1.165) is 37.4 Å². The Morgan fingerprint density at radius 3 is 2.57 bits per heavy atom. The van der Waals surface area contributed by atoms with Gasteiger partial charge in [0.1, 0.15) is 5.75 Å². The normalized spacial score (nSPS) is 15.2. The van der Waals surface area contributed by atoms with Crippen molar-refractivity contribution in [1.29, 1.82) is 0 Å².